The highest BCUT2D eigenvalue weighted by atomic mass is 19.1. The van der Waals surface area contributed by atoms with Crippen LogP contribution in [0, 0.1) is 11.6 Å². The third-order valence-electron chi connectivity index (χ3n) is 5.14. The number of benzene rings is 2. The fourth-order valence-electron chi connectivity index (χ4n) is 3.69. The summed E-state index contributed by atoms with van der Waals surface area (Å²) in [7, 11) is 1.72. The molecule has 0 aliphatic rings. The molecule has 0 unspecified atom stereocenters. The molecule has 0 spiro atoms. The van der Waals surface area contributed by atoms with Crippen molar-refractivity contribution in [3.63, 3.8) is 0 Å². The van der Waals surface area contributed by atoms with Gasteiger partial charge >= 0.3 is 0 Å². The van der Waals surface area contributed by atoms with E-state index in [2.05, 4.69) is 16.9 Å². The largest absolute Gasteiger partial charge is 0.436 e. The van der Waals surface area contributed by atoms with E-state index in [1.807, 2.05) is 37.3 Å². The SMILES string of the molecule is CCCN(Cc1c(-c2ccccc2)nn(C)c1Oc1ccc(F)cc1F)C[C@@H](O)COCC. The summed E-state index contributed by atoms with van der Waals surface area (Å²) in [5, 5.41) is 15.1. The quantitative estimate of drug-likeness (QED) is 0.423. The molecule has 33 heavy (non-hydrogen) atoms. The van der Waals surface area contributed by atoms with Crippen LogP contribution in [0.2, 0.25) is 0 Å². The lowest BCUT2D eigenvalue weighted by Crippen LogP contribution is -2.35. The van der Waals surface area contributed by atoms with Gasteiger partial charge in [0.2, 0.25) is 5.88 Å². The molecule has 0 saturated carbocycles. The number of aliphatic hydroxyl groups excluding tert-OH is 1. The molecule has 1 aromatic heterocycles. The number of rotatable bonds is 12. The van der Waals surface area contributed by atoms with Crippen molar-refractivity contribution in [3.05, 3.63) is 65.7 Å². The maximum Gasteiger partial charge on any atom is 0.222 e. The molecule has 0 saturated heterocycles. The van der Waals surface area contributed by atoms with Crippen LogP contribution >= 0.6 is 0 Å². The average molecular weight is 460 g/mol. The summed E-state index contributed by atoms with van der Waals surface area (Å²) in [6, 6.07) is 12.9. The van der Waals surface area contributed by atoms with Crippen LogP contribution in [0.3, 0.4) is 0 Å². The minimum Gasteiger partial charge on any atom is -0.436 e. The van der Waals surface area contributed by atoms with E-state index >= 15 is 0 Å². The normalized spacial score (nSPS) is 12.3. The lowest BCUT2D eigenvalue weighted by Gasteiger charge is -2.25. The molecule has 0 radical (unpaired) electrons. The highest BCUT2D eigenvalue weighted by Crippen LogP contribution is 2.35. The highest BCUT2D eigenvalue weighted by molar-refractivity contribution is 5.65. The van der Waals surface area contributed by atoms with Gasteiger partial charge in [0, 0.05) is 38.4 Å². The van der Waals surface area contributed by atoms with Gasteiger partial charge in [-0.3, -0.25) is 4.90 Å². The molecule has 0 aliphatic carbocycles. The molecule has 3 aromatic rings. The van der Waals surface area contributed by atoms with Crippen molar-refractivity contribution in [2.75, 3.05) is 26.3 Å². The Kier molecular flexibility index (Phi) is 8.94. The molecule has 0 bridgehead atoms. The molecule has 3 rings (SSSR count). The predicted octanol–water partition coefficient (Wildman–Crippen LogP) is 4.77. The second kappa shape index (κ2) is 11.9. The number of halogens is 2. The first-order chi connectivity index (χ1) is 15.9. The predicted molar refractivity (Wildman–Crippen MR) is 123 cm³/mol. The Balaban J connectivity index is 1.98. The fraction of sp³-hybridized carbons (Fsp3) is 0.400. The minimum atomic E-state index is -0.791. The molecule has 1 N–H and O–H groups in total. The molecule has 2 aromatic carbocycles. The molecule has 1 heterocycles. The highest BCUT2D eigenvalue weighted by Gasteiger charge is 2.24. The van der Waals surface area contributed by atoms with Gasteiger partial charge in [0.1, 0.15) is 11.5 Å². The van der Waals surface area contributed by atoms with Gasteiger partial charge in [-0.15, -0.1) is 0 Å². The number of aromatic nitrogens is 2. The fourth-order valence-corrected chi connectivity index (χ4v) is 3.69. The number of hydrogen-bond donors (Lipinski definition) is 1. The molecule has 0 amide bonds. The standard InChI is InChI=1S/C25H31F2N3O3/c1-4-13-30(15-20(31)17-32-5-2)16-21-24(18-9-7-6-8-10-18)28-29(3)25(21)33-23-12-11-19(26)14-22(23)27/h6-12,14,20,31H,4-5,13,15-17H2,1-3H3/t20-/m1/s1. The van der Waals surface area contributed by atoms with Gasteiger partial charge < -0.3 is 14.6 Å². The summed E-state index contributed by atoms with van der Waals surface area (Å²) >= 11 is 0. The molecule has 8 heteroatoms. The van der Waals surface area contributed by atoms with E-state index in [-0.39, 0.29) is 12.4 Å². The Morgan fingerprint density at radius 3 is 2.55 bits per heavy atom. The van der Waals surface area contributed by atoms with E-state index in [1.165, 1.54) is 6.07 Å². The lowest BCUT2D eigenvalue weighted by atomic mass is 10.1. The first-order valence-electron chi connectivity index (χ1n) is 11.1. The van der Waals surface area contributed by atoms with E-state index in [0.717, 1.165) is 36.2 Å². The van der Waals surface area contributed by atoms with Gasteiger partial charge in [0.05, 0.1) is 18.3 Å². The number of aliphatic hydroxyl groups is 1. The monoisotopic (exact) mass is 459 g/mol. The second-order valence-electron chi connectivity index (χ2n) is 7.85. The van der Waals surface area contributed by atoms with Crippen LogP contribution in [0.25, 0.3) is 11.3 Å². The van der Waals surface area contributed by atoms with E-state index in [9.17, 15) is 13.9 Å². The summed E-state index contributed by atoms with van der Waals surface area (Å²) in [5.74, 6) is -1.19. The molecule has 6 nitrogen and oxygen atoms in total. The summed E-state index contributed by atoms with van der Waals surface area (Å²) in [6.07, 6.45) is 0.234. The number of ether oxygens (including phenoxy) is 2. The van der Waals surface area contributed by atoms with Crippen molar-refractivity contribution in [3.8, 4) is 22.9 Å². The van der Waals surface area contributed by atoms with E-state index < -0.39 is 17.7 Å². The van der Waals surface area contributed by atoms with Gasteiger partial charge in [0.15, 0.2) is 11.6 Å². The van der Waals surface area contributed by atoms with E-state index in [4.69, 9.17) is 9.47 Å². The van der Waals surface area contributed by atoms with Crippen LogP contribution in [0.4, 0.5) is 8.78 Å². The van der Waals surface area contributed by atoms with Gasteiger partial charge in [-0.25, -0.2) is 13.5 Å². The molecule has 178 valence electrons. The van der Waals surface area contributed by atoms with Crippen LogP contribution < -0.4 is 4.74 Å². The minimum absolute atomic E-state index is 0.0846. The zero-order valence-electron chi connectivity index (χ0n) is 19.3. The lowest BCUT2D eigenvalue weighted by molar-refractivity contribution is 0.0195. The van der Waals surface area contributed by atoms with Crippen LogP contribution in [-0.4, -0.2) is 52.2 Å². The van der Waals surface area contributed by atoms with Crippen molar-refractivity contribution in [1.29, 1.82) is 0 Å². The van der Waals surface area contributed by atoms with Crippen molar-refractivity contribution in [1.82, 2.24) is 14.7 Å². The van der Waals surface area contributed by atoms with Crippen molar-refractivity contribution < 1.29 is 23.4 Å². The van der Waals surface area contributed by atoms with E-state index in [1.54, 1.807) is 11.7 Å². The number of aryl methyl sites for hydroxylation is 1. The van der Waals surface area contributed by atoms with Crippen LogP contribution in [0.5, 0.6) is 11.6 Å². The first kappa shape index (κ1) is 24.8. The maximum atomic E-state index is 14.4. The van der Waals surface area contributed by atoms with Crippen molar-refractivity contribution in [2.45, 2.75) is 32.9 Å². The zero-order valence-corrected chi connectivity index (χ0v) is 19.3. The Morgan fingerprint density at radius 2 is 1.88 bits per heavy atom. The van der Waals surface area contributed by atoms with Gasteiger partial charge in [-0.05, 0) is 32.0 Å². The topological polar surface area (TPSA) is 59.8 Å². The molecular formula is C25H31F2N3O3. The Hall–Kier alpha value is -2.81. The summed E-state index contributed by atoms with van der Waals surface area (Å²) in [4.78, 5) is 2.10. The van der Waals surface area contributed by atoms with E-state index in [0.29, 0.717) is 31.3 Å². The van der Waals surface area contributed by atoms with Gasteiger partial charge in [0.25, 0.3) is 0 Å². The van der Waals surface area contributed by atoms with Gasteiger partial charge in [-0.2, -0.15) is 5.10 Å². The average Bonchev–Trinajstić information content (AvgIpc) is 3.10. The first-order valence-corrected chi connectivity index (χ1v) is 11.1. The third kappa shape index (κ3) is 6.60. The van der Waals surface area contributed by atoms with Crippen LogP contribution in [-0.2, 0) is 18.3 Å². The second-order valence-corrected chi connectivity index (χ2v) is 7.85. The van der Waals surface area contributed by atoms with Crippen LogP contribution in [0.1, 0.15) is 25.8 Å². The molecule has 1 atom stereocenters. The Morgan fingerprint density at radius 1 is 1.12 bits per heavy atom. The third-order valence-corrected chi connectivity index (χ3v) is 5.14. The zero-order chi connectivity index (χ0) is 23.8. The summed E-state index contributed by atoms with van der Waals surface area (Å²) in [5.41, 5.74) is 2.35. The van der Waals surface area contributed by atoms with Gasteiger partial charge in [-0.1, -0.05) is 37.3 Å². The van der Waals surface area contributed by atoms with Crippen LogP contribution in [0.15, 0.2) is 48.5 Å². The maximum absolute atomic E-state index is 14.4. The van der Waals surface area contributed by atoms with Crippen molar-refractivity contribution in [2.24, 2.45) is 7.05 Å². The Bertz CT molecular complexity index is 1030. The molecule has 0 fully saturated rings. The smallest absolute Gasteiger partial charge is 0.222 e. The van der Waals surface area contributed by atoms with Crippen molar-refractivity contribution >= 4 is 0 Å². The molecular weight excluding hydrogens is 428 g/mol. The summed E-state index contributed by atoms with van der Waals surface area (Å²) in [6.45, 7) is 6.29. The number of nitrogens with zero attached hydrogens (tertiary/aromatic N) is 3. The molecule has 0 aliphatic heterocycles. The summed E-state index contributed by atoms with van der Waals surface area (Å²) < 4.78 is 40.6. The Labute approximate surface area is 193 Å². The number of hydrogen-bond acceptors (Lipinski definition) is 5.